The predicted octanol–water partition coefficient (Wildman–Crippen LogP) is 3.51. The highest BCUT2D eigenvalue weighted by Gasteiger charge is 2.21. The van der Waals surface area contributed by atoms with Gasteiger partial charge in [-0.25, -0.2) is 0 Å². The molecule has 0 bridgehead atoms. The molecule has 0 unspecified atom stereocenters. The van der Waals surface area contributed by atoms with Crippen LogP contribution in [0.2, 0.25) is 5.02 Å². The van der Waals surface area contributed by atoms with Gasteiger partial charge in [0.2, 0.25) is 0 Å². The Morgan fingerprint density at radius 2 is 1.96 bits per heavy atom. The Hall–Kier alpha value is -3.10. The first-order valence-corrected chi connectivity index (χ1v) is 7.09. The largest absolute Gasteiger partial charge is 0.360 e. The third-order valence-electron chi connectivity index (χ3n) is 3.39. The number of hydrogen-bond donors (Lipinski definition) is 2. The van der Waals surface area contributed by atoms with Crippen molar-refractivity contribution in [3.63, 3.8) is 0 Å². The van der Waals surface area contributed by atoms with Crippen LogP contribution in [0.25, 0.3) is 10.9 Å². The lowest BCUT2D eigenvalue weighted by molar-refractivity contribution is -0.112. The molecule has 23 heavy (non-hydrogen) atoms. The number of fused-ring (bicyclic) bond motifs is 1. The first kappa shape index (κ1) is 14.8. The average Bonchev–Trinajstić information content (AvgIpc) is 2.97. The number of H-pyrrole nitrogens is 1. The summed E-state index contributed by atoms with van der Waals surface area (Å²) in [5.74, 6) is -1.51. The van der Waals surface area contributed by atoms with Gasteiger partial charge in [-0.3, -0.25) is 9.59 Å². The molecule has 0 aliphatic heterocycles. The van der Waals surface area contributed by atoms with Gasteiger partial charge in [0.1, 0.15) is 6.07 Å². The Bertz CT molecular complexity index is 969. The number of nitrogens with one attached hydrogen (secondary N) is 2. The maximum atomic E-state index is 12.4. The highest BCUT2D eigenvalue weighted by molar-refractivity contribution is 6.48. The van der Waals surface area contributed by atoms with E-state index in [9.17, 15) is 9.59 Å². The lowest BCUT2D eigenvalue weighted by Gasteiger charge is -2.05. The standard InChI is InChI=1S/C17H10ClN3O2/c18-11-5-6-15-12(7-11)13(9-20-15)16(22)17(23)21-14-4-2-1-3-10(14)8-19/h1-7,9,20H,(H,21,23). The molecule has 2 N–H and O–H groups in total. The summed E-state index contributed by atoms with van der Waals surface area (Å²) in [4.78, 5) is 27.5. The van der Waals surface area contributed by atoms with E-state index in [0.717, 1.165) is 0 Å². The zero-order valence-corrected chi connectivity index (χ0v) is 12.5. The molecule has 1 heterocycles. The highest BCUT2D eigenvalue weighted by atomic mass is 35.5. The van der Waals surface area contributed by atoms with E-state index in [0.29, 0.717) is 21.6 Å². The van der Waals surface area contributed by atoms with E-state index in [-0.39, 0.29) is 11.1 Å². The summed E-state index contributed by atoms with van der Waals surface area (Å²) in [6.07, 6.45) is 1.47. The molecule has 0 fully saturated rings. The van der Waals surface area contributed by atoms with Gasteiger partial charge < -0.3 is 10.3 Å². The lowest BCUT2D eigenvalue weighted by atomic mass is 10.1. The number of para-hydroxylation sites is 1. The number of hydrogen-bond acceptors (Lipinski definition) is 3. The van der Waals surface area contributed by atoms with Crippen LogP contribution >= 0.6 is 11.6 Å². The van der Waals surface area contributed by atoms with Gasteiger partial charge in [0, 0.05) is 22.1 Å². The maximum absolute atomic E-state index is 12.4. The summed E-state index contributed by atoms with van der Waals surface area (Å²) < 4.78 is 0. The SMILES string of the molecule is N#Cc1ccccc1NC(=O)C(=O)c1c[nH]c2ccc(Cl)cc12. The van der Waals surface area contributed by atoms with Crippen molar-refractivity contribution in [3.05, 3.63) is 64.8 Å². The fourth-order valence-electron chi connectivity index (χ4n) is 2.27. The molecule has 3 aromatic rings. The molecule has 0 radical (unpaired) electrons. The number of ketones is 1. The van der Waals surface area contributed by atoms with Crippen LogP contribution in [0.5, 0.6) is 0 Å². The van der Waals surface area contributed by atoms with Crippen LogP contribution in [0, 0.1) is 11.3 Å². The van der Waals surface area contributed by atoms with Crippen LogP contribution in [0.15, 0.2) is 48.7 Å². The van der Waals surface area contributed by atoms with Crippen molar-refractivity contribution in [2.75, 3.05) is 5.32 Å². The Balaban J connectivity index is 1.92. The summed E-state index contributed by atoms with van der Waals surface area (Å²) >= 11 is 5.94. The van der Waals surface area contributed by atoms with E-state index < -0.39 is 11.7 Å². The second-order valence-corrected chi connectivity index (χ2v) is 5.27. The first-order chi connectivity index (χ1) is 11.1. The van der Waals surface area contributed by atoms with Crippen LogP contribution in [0.3, 0.4) is 0 Å². The second kappa shape index (κ2) is 5.95. The van der Waals surface area contributed by atoms with E-state index in [4.69, 9.17) is 16.9 Å². The molecule has 112 valence electrons. The molecule has 3 rings (SSSR count). The number of aromatic nitrogens is 1. The van der Waals surface area contributed by atoms with Gasteiger partial charge in [-0.2, -0.15) is 5.26 Å². The number of halogens is 1. The van der Waals surface area contributed by atoms with Crippen LogP contribution in [0.4, 0.5) is 5.69 Å². The number of carbonyl (C=O) groups excluding carboxylic acids is 2. The molecule has 6 heteroatoms. The third kappa shape index (κ3) is 2.80. The predicted molar refractivity (Wildman–Crippen MR) is 87.4 cm³/mol. The van der Waals surface area contributed by atoms with Crippen LogP contribution < -0.4 is 5.32 Å². The molecular formula is C17H10ClN3O2. The second-order valence-electron chi connectivity index (χ2n) is 4.83. The number of aromatic amines is 1. The fourth-order valence-corrected chi connectivity index (χ4v) is 2.44. The zero-order chi connectivity index (χ0) is 16.4. The van der Waals surface area contributed by atoms with Crippen molar-refractivity contribution in [2.24, 2.45) is 0 Å². The summed E-state index contributed by atoms with van der Waals surface area (Å²) in [5, 5.41) is 12.5. The number of nitrogens with zero attached hydrogens (tertiary/aromatic N) is 1. The minimum Gasteiger partial charge on any atom is -0.360 e. The number of rotatable bonds is 3. The lowest BCUT2D eigenvalue weighted by Crippen LogP contribution is -2.23. The highest BCUT2D eigenvalue weighted by Crippen LogP contribution is 2.23. The number of carbonyl (C=O) groups is 2. The van der Waals surface area contributed by atoms with Gasteiger partial charge in [0.15, 0.2) is 0 Å². The molecule has 0 spiro atoms. The van der Waals surface area contributed by atoms with E-state index in [1.807, 2.05) is 6.07 Å². The van der Waals surface area contributed by atoms with E-state index in [2.05, 4.69) is 10.3 Å². The van der Waals surface area contributed by atoms with Gasteiger partial charge in [-0.15, -0.1) is 0 Å². The molecular weight excluding hydrogens is 314 g/mol. The fraction of sp³-hybridized carbons (Fsp3) is 0. The van der Waals surface area contributed by atoms with Gasteiger partial charge >= 0.3 is 0 Å². The van der Waals surface area contributed by atoms with E-state index >= 15 is 0 Å². The molecule has 1 aromatic heterocycles. The van der Waals surface area contributed by atoms with Crippen molar-refractivity contribution >= 4 is 39.9 Å². The van der Waals surface area contributed by atoms with Gasteiger partial charge in [0.25, 0.3) is 11.7 Å². The minimum atomic E-state index is -0.812. The first-order valence-electron chi connectivity index (χ1n) is 6.71. The summed E-state index contributed by atoms with van der Waals surface area (Å²) in [6.45, 7) is 0. The normalized spacial score (nSPS) is 10.3. The number of anilines is 1. The van der Waals surface area contributed by atoms with Crippen LogP contribution in [-0.2, 0) is 4.79 Å². The monoisotopic (exact) mass is 323 g/mol. The molecule has 2 aromatic carbocycles. The topological polar surface area (TPSA) is 85.8 Å². The van der Waals surface area contributed by atoms with Crippen LogP contribution in [-0.4, -0.2) is 16.7 Å². The minimum absolute atomic E-state index is 0.231. The van der Waals surface area contributed by atoms with E-state index in [1.54, 1.807) is 42.5 Å². The van der Waals surface area contributed by atoms with Crippen molar-refractivity contribution in [3.8, 4) is 6.07 Å². The smallest absolute Gasteiger partial charge is 0.296 e. The zero-order valence-electron chi connectivity index (χ0n) is 11.8. The van der Waals surface area contributed by atoms with Crippen molar-refractivity contribution in [1.29, 1.82) is 5.26 Å². The Kier molecular flexibility index (Phi) is 3.83. The molecule has 5 nitrogen and oxygen atoms in total. The van der Waals surface area contributed by atoms with Crippen molar-refractivity contribution in [2.45, 2.75) is 0 Å². The number of amides is 1. The van der Waals surface area contributed by atoms with Crippen molar-refractivity contribution < 1.29 is 9.59 Å². The molecule has 0 aliphatic rings. The summed E-state index contributed by atoms with van der Waals surface area (Å²) in [7, 11) is 0. The number of Topliss-reactive ketones (excluding diaryl/α,β-unsaturated/α-hetero) is 1. The number of nitriles is 1. The molecule has 0 saturated carbocycles. The number of benzene rings is 2. The molecule has 0 aliphatic carbocycles. The average molecular weight is 324 g/mol. The molecule has 0 atom stereocenters. The van der Waals surface area contributed by atoms with Gasteiger partial charge in [-0.1, -0.05) is 23.7 Å². The summed E-state index contributed by atoms with van der Waals surface area (Å²) in [5.41, 5.74) is 1.53. The maximum Gasteiger partial charge on any atom is 0.296 e. The van der Waals surface area contributed by atoms with Crippen LogP contribution in [0.1, 0.15) is 15.9 Å². The quantitative estimate of drug-likeness (QED) is 0.571. The molecule has 0 saturated heterocycles. The Morgan fingerprint density at radius 3 is 2.74 bits per heavy atom. The van der Waals surface area contributed by atoms with Crippen molar-refractivity contribution in [1.82, 2.24) is 4.98 Å². The van der Waals surface area contributed by atoms with Gasteiger partial charge in [-0.05, 0) is 30.3 Å². The summed E-state index contributed by atoms with van der Waals surface area (Å²) in [6, 6.07) is 13.5. The Labute approximate surface area is 136 Å². The van der Waals surface area contributed by atoms with Gasteiger partial charge in [0.05, 0.1) is 16.8 Å². The third-order valence-corrected chi connectivity index (χ3v) is 3.63. The van der Waals surface area contributed by atoms with E-state index in [1.165, 1.54) is 6.20 Å². The Morgan fingerprint density at radius 1 is 1.17 bits per heavy atom. The molecule has 1 amide bonds.